The third-order valence-corrected chi connectivity index (χ3v) is 3.59. The monoisotopic (exact) mass is 263 g/mol. The molecule has 1 aromatic rings. The summed E-state index contributed by atoms with van der Waals surface area (Å²) in [6.07, 6.45) is 3.22. The Balaban J connectivity index is 2.10. The van der Waals surface area contributed by atoms with Crippen LogP contribution >= 0.6 is 0 Å². The van der Waals surface area contributed by atoms with Crippen molar-refractivity contribution in [1.82, 2.24) is 4.90 Å². The quantitative estimate of drug-likeness (QED) is 0.376. The van der Waals surface area contributed by atoms with Crippen LogP contribution in [0, 0.1) is 0 Å². The lowest BCUT2D eigenvalue weighted by atomic mass is 10.0. The lowest BCUT2D eigenvalue weighted by Gasteiger charge is -2.34. The number of ether oxygens (including phenoxy) is 1. The summed E-state index contributed by atoms with van der Waals surface area (Å²) in [6, 6.07) is 8.04. The Kier molecular flexibility index (Phi) is 4.63. The molecule has 1 aromatic carbocycles. The second-order valence-corrected chi connectivity index (χ2v) is 4.86. The first kappa shape index (κ1) is 13.7. The summed E-state index contributed by atoms with van der Waals surface area (Å²) in [7, 11) is 1.67. The molecule has 2 rings (SSSR count). The molecule has 5 heteroatoms. The molecule has 0 aromatic heterocycles. The number of oxime groups is 1. The molecule has 0 spiro atoms. The topological polar surface area (TPSA) is 71.1 Å². The van der Waals surface area contributed by atoms with Gasteiger partial charge in [-0.25, -0.2) is 0 Å². The normalized spacial score (nSPS) is 21.3. The molecule has 0 radical (unpaired) electrons. The van der Waals surface area contributed by atoms with E-state index in [1.807, 2.05) is 18.2 Å². The molecule has 0 aliphatic carbocycles. The molecule has 1 heterocycles. The number of methoxy groups -OCH3 is 1. The van der Waals surface area contributed by atoms with E-state index in [0.29, 0.717) is 5.84 Å². The molecular weight excluding hydrogens is 242 g/mol. The highest BCUT2D eigenvalue weighted by atomic mass is 16.5. The van der Waals surface area contributed by atoms with Crippen molar-refractivity contribution < 1.29 is 9.94 Å². The van der Waals surface area contributed by atoms with Gasteiger partial charge in [0.15, 0.2) is 5.84 Å². The second kappa shape index (κ2) is 6.43. The van der Waals surface area contributed by atoms with Gasteiger partial charge in [-0.2, -0.15) is 0 Å². The predicted molar refractivity (Wildman–Crippen MR) is 74.5 cm³/mol. The van der Waals surface area contributed by atoms with Crippen LogP contribution in [-0.4, -0.2) is 35.6 Å². The van der Waals surface area contributed by atoms with Gasteiger partial charge in [-0.3, -0.25) is 4.90 Å². The van der Waals surface area contributed by atoms with Crippen LogP contribution in [0.25, 0.3) is 0 Å². The lowest BCUT2D eigenvalue weighted by molar-refractivity contribution is 0.178. The van der Waals surface area contributed by atoms with E-state index in [-0.39, 0.29) is 6.04 Å². The summed E-state index contributed by atoms with van der Waals surface area (Å²) in [6.45, 7) is 1.76. The van der Waals surface area contributed by atoms with Gasteiger partial charge in [-0.1, -0.05) is 23.7 Å². The zero-order chi connectivity index (χ0) is 13.7. The van der Waals surface area contributed by atoms with E-state index in [1.54, 1.807) is 7.11 Å². The zero-order valence-electron chi connectivity index (χ0n) is 11.2. The highest BCUT2D eigenvalue weighted by Crippen LogP contribution is 2.21. The SMILES string of the molecule is COc1cccc(CN2CCCCC2C(N)=NO)c1. The number of likely N-dealkylation sites (tertiary alicyclic amines) is 1. The van der Waals surface area contributed by atoms with E-state index in [4.69, 9.17) is 15.7 Å². The maximum Gasteiger partial charge on any atom is 0.156 e. The average Bonchev–Trinajstić information content (AvgIpc) is 2.47. The molecule has 0 saturated carbocycles. The summed E-state index contributed by atoms with van der Waals surface area (Å²) < 4.78 is 5.23. The second-order valence-electron chi connectivity index (χ2n) is 4.86. The van der Waals surface area contributed by atoms with Crippen LogP contribution in [0.1, 0.15) is 24.8 Å². The molecular formula is C14H21N3O2. The van der Waals surface area contributed by atoms with Gasteiger partial charge in [0.1, 0.15) is 5.75 Å². The van der Waals surface area contributed by atoms with Gasteiger partial charge in [-0.15, -0.1) is 0 Å². The van der Waals surface area contributed by atoms with Gasteiger partial charge in [-0.05, 0) is 37.1 Å². The third-order valence-electron chi connectivity index (χ3n) is 3.59. The van der Waals surface area contributed by atoms with Crippen molar-refractivity contribution in [2.24, 2.45) is 10.9 Å². The number of nitrogens with zero attached hydrogens (tertiary/aromatic N) is 2. The minimum absolute atomic E-state index is 0.0324. The molecule has 104 valence electrons. The summed E-state index contributed by atoms with van der Waals surface area (Å²) in [4.78, 5) is 2.26. The fourth-order valence-corrected chi connectivity index (χ4v) is 2.59. The van der Waals surface area contributed by atoms with Crippen LogP contribution < -0.4 is 10.5 Å². The molecule has 0 amide bonds. The zero-order valence-corrected chi connectivity index (χ0v) is 11.2. The van der Waals surface area contributed by atoms with Crippen LogP contribution in [0.2, 0.25) is 0 Å². The summed E-state index contributed by atoms with van der Waals surface area (Å²) >= 11 is 0. The van der Waals surface area contributed by atoms with Gasteiger partial charge in [0.25, 0.3) is 0 Å². The Labute approximate surface area is 113 Å². The molecule has 3 N–H and O–H groups in total. The van der Waals surface area contributed by atoms with E-state index in [1.165, 1.54) is 5.56 Å². The Morgan fingerprint density at radius 3 is 3.11 bits per heavy atom. The van der Waals surface area contributed by atoms with E-state index >= 15 is 0 Å². The highest BCUT2D eigenvalue weighted by molar-refractivity contribution is 5.85. The Bertz CT molecular complexity index is 448. The molecule has 1 atom stereocenters. The van der Waals surface area contributed by atoms with Crippen molar-refractivity contribution in [2.75, 3.05) is 13.7 Å². The van der Waals surface area contributed by atoms with E-state index in [2.05, 4.69) is 16.1 Å². The first-order chi connectivity index (χ1) is 9.24. The lowest BCUT2D eigenvalue weighted by Crippen LogP contribution is -2.47. The van der Waals surface area contributed by atoms with Crippen molar-refractivity contribution in [3.63, 3.8) is 0 Å². The largest absolute Gasteiger partial charge is 0.497 e. The molecule has 19 heavy (non-hydrogen) atoms. The Morgan fingerprint density at radius 1 is 1.53 bits per heavy atom. The third kappa shape index (κ3) is 3.38. The van der Waals surface area contributed by atoms with E-state index < -0.39 is 0 Å². The van der Waals surface area contributed by atoms with Crippen molar-refractivity contribution in [2.45, 2.75) is 31.8 Å². The minimum Gasteiger partial charge on any atom is -0.497 e. The van der Waals surface area contributed by atoms with Gasteiger partial charge >= 0.3 is 0 Å². The van der Waals surface area contributed by atoms with Crippen molar-refractivity contribution in [3.05, 3.63) is 29.8 Å². The van der Waals surface area contributed by atoms with Crippen LogP contribution in [-0.2, 0) is 6.54 Å². The molecule has 1 saturated heterocycles. The Hall–Kier alpha value is -1.75. The van der Waals surface area contributed by atoms with Gasteiger partial charge < -0.3 is 15.7 Å². The van der Waals surface area contributed by atoms with Gasteiger partial charge in [0, 0.05) is 6.54 Å². The van der Waals surface area contributed by atoms with Crippen molar-refractivity contribution in [1.29, 1.82) is 0 Å². The van der Waals surface area contributed by atoms with Crippen LogP contribution in [0.5, 0.6) is 5.75 Å². The molecule has 1 unspecified atom stereocenters. The standard InChI is InChI=1S/C14H21N3O2/c1-19-12-6-4-5-11(9-12)10-17-8-3-2-7-13(17)14(15)16-18/h4-6,9,13,18H,2-3,7-8,10H2,1H3,(H2,15,16). The number of benzene rings is 1. The van der Waals surface area contributed by atoms with Crippen LogP contribution in [0.15, 0.2) is 29.4 Å². The molecule has 1 aliphatic rings. The van der Waals surface area contributed by atoms with Crippen molar-refractivity contribution >= 4 is 5.84 Å². The first-order valence-electron chi connectivity index (χ1n) is 6.59. The van der Waals surface area contributed by atoms with Gasteiger partial charge in [0.05, 0.1) is 13.2 Å². The molecule has 5 nitrogen and oxygen atoms in total. The predicted octanol–water partition coefficient (Wildman–Crippen LogP) is 1.80. The van der Waals surface area contributed by atoms with E-state index in [9.17, 15) is 0 Å². The number of piperidine rings is 1. The number of hydrogen-bond acceptors (Lipinski definition) is 4. The van der Waals surface area contributed by atoms with Crippen LogP contribution in [0.4, 0.5) is 0 Å². The van der Waals surface area contributed by atoms with Crippen molar-refractivity contribution in [3.8, 4) is 5.75 Å². The summed E-state index contributed by atoms with van der Waals surface area (Å²) in [5.41, 5.74) is 6.96. The maximum absolute atomic E-state index is 8.87. The molecule has 0 bridgehead atoms. The summed E-state index contributed by atoms with van der Waals surface area (Å²) in [5, 5.41) is 12.0. The van der Waals surface area contributed by atoms with E-state index in [0.717, 1.165) is 38.1 Å². The summed E-state index contributed by atoms with van der Waals surface area (Å²) in [5.74, 6) is 1.16. The molecule has 1 fully saturated rings. The average molecular weight is 263 g/mol. The number of rotatable bonds is 4. The highest BCUT2D eigenvalue weighted by Gasteiger charge is 2.25. The van der Waals surface area contributed by atoms with Crippen LogP contribution in [0.3, 0.4) is 0 Å². The minimum atomic E-state index is 0.0324. The smallest absolute Gasteiger partial charge is 0.156 e. The van der Waals surface area contributed by atoms with Gasteiger partial charge in [0.2, 0.25) is 0 Å². The number of hydrogen-bond donors (Lipinski definition) is 2. The first-order valence-corrected chi connectivity index (χ1v) is 6.59. The Morgan fingerprint density at radius 2 is 2.37 bits per heavy atom. The molecule has 1 aliphatic heterocycles. The number of nitrogens with two attached hydrogens (primary N) is 1. The fraction of sp³-hybridized carbons (Fsp3) is 0.500. The number of amidine groups is 1. The fourth-order valence-electron chi connectivity index (χ4n) is 2.59. The maximum atomic E-state index is 8.87.